The Kier molecular flexibility index (Phi) is 6.35. The topological polar surface area (TPSA) is 75.7 Å². The molecule has 2 aromatic carbocycles. The molecule has 0 atom stereocenters. The number of hydrogen-bond acceptors (Lipinski definition) is 4. The van der Waals surface area contributed by atoms with Gasteiger partial charge in [0.1, 0.15) is 5.75 Å². The number of nitrogens with zero attached hydrogens (tertiary/aromatic N) is 1. The Labute approximate surface area is 172 Å². The highest BCUT2D eigenvalue weighted by atomic mass is 32.2. The molecule has 0 radical (unpaired) electrons. The molecule has 1 fully saturated rings. The third-order valence-electron chi connectivity index (χ3n) is 4.21. The Bertz CT molecular complexity index is 1030. The molecule has 0 unspecified atom stereocenters. The quantitative estimate of drug-likeness (QED) is 0.693. The van der Waals surface area contributed by atoms with Crippen molar-refractivity contribution in [1.82, 2.24) is 0 Å². The van der Waals surface area contributed by atoms with E-state index in [4.69, 9.17) is 0 Å². The lowest BCUT2D eigenvalue weighted by Gasteiger charge is -2.16. The van der Waals surface area contributed by atoms with E-state index in [9.17, 15) is 26.4 Å². The van der Waals surface area contributed by atoms with Crippen LogP contribution in [0.1, 0.15) is 12.0 Å². The van der Waals surface area contributed by atoms with Gasteiger partial charge >= 0.3 is 6.18 Å². The Morgan fingerprint density at radius 3 is 2.53 bits per heavy atom. The van der Waals surface area contributed by atoms with E-state index in [-0.39, 0.29) is 11.5 Å². The van der Waals surface area contributed by atoms with E-state index in [1.54, 1.807) is 30.3 Å². The van der Waals surface area contributed by atoms with Crippen LogP contribution >= 0.6 is 0 Å². The summed E-state index contributed by atoms with van der Waals surface area (Å²) in [7, 11) is -3.25. The average Bonchev–Trinajstić information content (AvgIpc) is 3.04. The first-order valence-corrected chi connectivity index (χ1v) is 10.6. The summed E-state index contributed by atoms with van der Waals surface area (Å²) in [5.41, 5.74) is 1.55. The van der Waals surface area contributed by atoms with Gasteiger partial charge in [0.25, 0.3) is 0 Å². The molecule has 1 saturated heterocycles. The molecule has 1 heterocycles. The van der Waals surface area contributed by atoms with Crippen molar-refractivity contribution < 1.29 is 31.1 Å². The smallest absolute Gasteiger partial charge is 0.422 e. The van der Waals surface area contributed by atoms with Crippen LogP contribution in [0.3, 0.4) is 0 Å². The standard InChI is InChI=1S/C20H19F3N2O4S/c21-20(22,23)14-29-18-4-1-3-16(13-18)24-19(26)10-7-15-5-8-17(9-6-15)25-11-2-12-30(25,27)28/h1,3-10,13H,2,11-12,14H2,(H,24,26)/b10-7+. The second kappa shape index (κ2) is 8.78. The number of carbonyl (C=O) groups is 1. The van der Waals surface area contributed by atoms with Crippen molar-refractivity contribution in [2.75, 3.05) is 28.5 Å². The largest absolute Gasteiger partial charge is 0.484 e. The number of carbonyl (C=O) groups excluding carboxylic acids is 1. The summed E-state index contributed by atoms with van der Waals surface area (Å²) in [5.74, 6) is -0.354. The highest BCUT2D eigenvalue weighted by Crippen LogP contribution is 2.25. The van der Waals surface area contributed by atoms with Gasteiger partial charge in [0.05, 0.1) is 11.4 Å². The van der Waals surface area contributed by atoms with Crippen molar-refractivity contribution in [3.05, 3.63) is 60.2 Å². The molecule has 30 heavy (non-hydrogen) atoms. The second-order valence-electron chi connectivity index (χ2n) is 6.59. The van der Waals surface area contributed by atoms with Crippen LogP contribution in [0.4, 0.5) is 24.5 Å². The number of amides is 1. The summed E-state index contributed by atoms with van der Waals surface area (Å²) in [6.07, 6.45) is -1.05. The van der Waals surface area contributed by atoms with Crippen LogP contribution in [0.2, 0.25) is 0 Å². The number of alkyl halides is 3. The molecule has 6 nitrogen and oxygen atoms in total. The maximum atomic E-state index is 12.2. The minimum Gasteiger partial charge on any atom is -0.484 e. The van der Waals surface area contributed by atoms with Gasteiger partial charge in [0.15, 0.2) is 6.61 Å². The van der Waals surface area contributed by atoms with Crippen LogP contribution in [0.15, 0.2) is 54.6 Å². The lowest BCUT2D eigenvalue weighted by molar-refractivity contribution is -0.153. The van der Waals surface area contributed by atoms with Crippen LogP contribution in [0.25, 0.3) is 6.08 Å². The first kappa shape index (κ1) is 21.7. The summed E-state index contributed by atoms with van der Waals surface area (Å²) >= 11 is 0. The molecule has 1 amide bonds. The minimum absolute atomic E-state index is 0.0124. The minimum atomic E-state index is -4.45. The van der Waals surface area contributed by atoms with Crippen molar-refractivity contribution in [3.63, 3.8) is 0 Å². The number of halogens is 3. The normalized spacial score (nSPS) is 16.0. The lowest BCUT2D eigenvalue weighted by atomic mass is 10.2. The van der Waals surface area contributed by atoms with Gasteiger partial charge in [-0.25, -0.2) is 8.42 Å². The molecule has 2 aromatic rings. The lowest BCUT2D eigenvalue weighted by Crippen LogP contribution is -2.24. The average molecular weight is 440 g/mol. The highest BCUT2D eigenvalue weighted by molar-refractivity contribution is 7.93. The molecule has 0 saturated carbocycles. The number of rotatable bonds is 6. The molecule has 1 aliphatic heterocycles. The van der Waals surface area contributed by atoms with Gasteiger partial charge in [-0.3, -0.25) is 9.10 Å². The number of benzene rings is 2. The first-order valence-electron chi connectivity index (χ1n) is 9.02. The second-order valence-corrected chi connectivity index (χ2v) is 8.60. The summed E-state index contributed by atoms with van der Waals surface area (Å²) in [5, 5.41) is 2.54. The van der Waals surface area contributed by atoms with Gasteiger partial charge in [-0.2, -0.15) is 13.2 Å². The highest BCUT2D eigenvalue weighted by Gasteiger charge is 2.29. The van der Waals surface area contributed by atoms with E-state index in [0.717, 1.165) is 0 Å². The van der Waals surface area contributed by atoms with Crippen LogP contribution in [0, 0.1) is 0 Å². The van der Waals surface area contributed by atoms with Gasteiger partial charge in [0.2, 0.25) is 15.9 Å². The number of anilines is 2. The third kappa shape index (κ3) is 5.99. The van der Waals surface area contributed by atoms with Crippen molar-refractivity contribution in [2.24, 2.45) is 0 Å². The number of sulfonamides is 1. The third-order valence-corrected chi connectivity index (χ3v) is 6.08. The van der Waals surface area contributed by atoms with Crippen molar-refractivity contribution >= 4 is 33.4 Å². The molecule has 3 rings (SSSR count). The summed E-state index contributed by atoms with van der Waals surface area (Å²) in [6.45, 7) is -0.968. The molecule has 160 valence electrons. The SMILES string of the molecule is O=C(/C=C/c1ccc(N2CCCS2(=O)=O)cc1)Nc1cccc(OCC(F)(F)F)c1. The van der Waals surface area contributed by atoms with E-state index in [0.29, 0.717) is 29.9 Å². The van der Waals surface area contributed by atoms with Gasteiger partial charge in [-0.05, 0) is 42.3 Å². The van der Waals surface area contributed by atoms with Gasteiger partial charge in [0, 0.05) is 24.4 Å². The summed E-state index contributed by atoms with van der Waals surface area (Å²) in [6, 6.07) is 12.4. The van der Waals surface area contributed by atoms with E-state index < -0.39 is 28.7 Å². The Hall–Kier alpha value is -3.01. The predicted molar refractivity (Wildman–Crippen MR) is 108 cm³/mol. The zero-order valence-electron chi connectivity index (χ0n) is 15.7. The molecule has 0 aromatic heterocycles. The van der Waals surface area contributed by atoms with Gasteiger partial charge < -0.3 is 10.1 Å². The van der Waals surface area contributed by atoms with Crippen molar-refractivity contribution in [2.45, 2.75) is 12.6 Å². The summed E-state index contributed by atoms with van der Waals surface area (Å²) in [4.78, 5) is 12.1. The molecule has 0 aliphatic carbocycles. The van der Waals surface area contributed by atoms with Crippen LogP contribution in [-0.2, 0) is 14.8 Å². The molecule has 1 aliphatic rings. The first-order chi connectivity index (χ1) is 14.1. The molecule has 10 heteroatoms. The number of hydrogen-bond donors (Lipinski definition) is 1. The number of nitrogens with one attached hydrogen (secondary N) is 1. The van der Waals surface area contributed by atoms with Gasteiger partial charge in [-0.15, -0.1) is 0 Å². The van der Waals surface area contributed by atoms with E-state index >= 15 is 0 Å². The maximum Gasteiger partial charge on any atom is 0.422 e. The molecular weight excluding hydrogens is 421 g/mol. The van der Waals surface area contributed by atoms with Crippen molar-refractivity contribution in [3.8, 4) is 5.75 Å². The van der Waals surface area contributed by atoms with Crippen LogP contribution in [0.5, 0.6) is 5.75 Å². The Morgan fingerprint density at radius 2 is 1.90 bits per heavy atom. The van der Waals surface area contributed by atoms with E-state index in [1.807, 2.05) is 0 Å². The van der Waals surface area contributed by atoms with E-state index in [1.165, 1.54) is 34.6 Å². The zero-order valence-corrected chi connectivity index (χ0v) is 16.5. The summed E-state index contributed by atoms with van der Waals surface area (Å²) < 4.78 is 66.6. The molecule has 0 bridgehead atoms. The van der Waals surface area contributed by atoms with Crippen LogP contribution < -0.4 is 14.4 Å². The maximum absolute atomic E-state index is 12.2. The zero-order chi connectivity index (χ0) is 21.8. The van der Waals surface area contributed by atoms with Crippen molar-refractivity contribution in [1.29, 1.82) is 0 Å². The van der Waals surface area contributed by atoms with Crippen LogP contribution in [-0.4, -0.2) is 39.4 Å². The fourth-order valence-electron chi connectivity index (χ4n) is 2.87. The Morgan fingerprint density at radius 1 is 1.17 bits per heavy atom. The fraction of sp³-hybridized carbons (Fsp3) is 0.250. The molecule has 1 N–H and O–H groups in total. The molecular formula is C20H19F3N2O4S. The van der Waals surface area contributed by atoms with E-state index in [2.05, 4.69) is 10.1 Å². The number of ether oxygens (including phenoxy) is 1. The predicted octanol–water partition coefficient (Wildman–Crippen LogP) is 3.82. The molecule has 0 spiro atoms. The monoisotopic (exact) mass is 440 g/mol. The Balaban J connectivity index is 1.58. The fourth-order valence-corrected chi connectivity index (χ4v) is 4.43. The van der Waals surface area contributed by atoms with Gasteiger partial charge in [-0.1, -0.05) is 18.2 Å².